The molecule has 0 aromatic heterocycles. The lowest BCUT2D eigenvalue weighted by atomic mass is 10.3. The molecule has 0 unspecified atom stereocenters. The Balaban J connectivity index is 1.72. The van der Waals surface area contributed by atoms with E-state index in [4.69, 9.17) is 11.1 Å². The molecule has 0 aliphatic heterocycles. The lowest BCUT2D eigenvalue weighted by Gasteiger charge is -2.29. The van der Waals surface area contributed by atoms with Crippen LogP contribution in [-0.2, 0) is 4.79 Å². The van der Waals surface area contributed by atoms with E-state index in [1.54, 1.807) is 19.0 Å². The van der Waals surface area contributed by atoms with E-state index < -0.39 is 7.26 Å². The molecule has 3 aromatic rings. The Hall–Kier alpha value is -3.21. The third kappa shape index (κ3) is 6.93. The number of hydrogen-bond donors (Lipinski definition) is 2. The van der Waals surface area contributed by atoms with Gasteiger partial charge in [-0.3, -0.25) is 10.2 Å². The van der Waals surface area contributed by atoms with Gasteiger partial charge in [0.15, 0.2) is 5.96 Å². The van der Waals surface area contributed by atoms with Crippen LogP contribution in [-0.4, -0.2) is 80.1 Å². The highest BCUT2D eigenvalue weighted by Crippen LogP contribution is 2.55. The van der Waals surface area contributed by atoms with Crippen LogP contribution in [0, 0.1) is 5.41 Å². The van der Waals surface area contributed by atoms with E-state index in [1.807, 2.05) is 0 Å². The molecule has 0 atom stereocenters. The number of nitrogens with two attached hydrogens (primary N) is 1. The van der Waals surface area contributed by atoms with Crippen LogP contribution in [0.1, 0.15) is 6.42 Å². The minimum atomic E-state index is -1.82. The van der Waals surface area contributed by atoms with Crippen molar-refractivity contribution in [3.63, 3.8) is 0 Å². The Morgan fingerprint density at radius 2 is 1.17 bits per heavy atom. The highest BCUT2D eigenvalue weighted by atomic mass is 31.2. The number of carbonyl (C=O) groups excluding carboxylic acids is 1. The SMILES string of the molecule is CN(CCC[P+](c1ccccc1)(c1ccccc1)c1ccccc1)CCN(C)C(=O)CN(C)C(=N)N. The van der Waals surface area contributed by atoms with Gasteiger partial charge in [0, 0.05) is 33.7 Å². The monoisotopic (exact) mass is 504 g/mol. The van der Waals surface area contributed by atoms with Gasteiger partial charge in [-0.2, -0.15) is 0 Å². The molecule has 0 spiro atoms. The topological polar surface area (TPSA) is 76.7 Å². The second-order valence-corrected chi connectivity index (χ2v) is 12.9. The van der Waals surface area contributed by atoms with Crippen LogP contribution in [0.25, 0.3) is 0 Å². The molecule has 0 aliphatic carbocycles. The number of benzene rings is 3. The van der Waals surface area contributed by atoms with E-state index in [2.05, 4.69) is 103 Å². The fraction of sp³-hybridized carbons (Fsp3) is 0.310. The van der Waals surface area contributed by atoms with Crippen molar-refractivity contribution in [3.05, 3.63) is 91.0 Å². The second-order valence-electron chi connectivity index (χ2n) is 9.25. The van der Waals surface area contributed by atoms with Gasteiger partial charge in [0.05, 0.1) is 12.7 Å². The van der Waals surface area contributed by atoms with Crippen LogP contribution in [0.4, 0.5) is 0 Å². The van der Waals surface area contributed by atoms with Gasteiger partial charge < -0.3 is 20.4 Å². The molecule has 0 radical (unpaired) electrons. The van der Waals surface area contributed by atoms with Crippen LogP contribution in [0.3, 0.4) is 0 Å². The number of likely N-dealkylation sites (N-methyl/N-ethyl adjacent to an activating group) is 3. The molecule has 1 amide bonds. The molecule has 190 valence electrons. The van der Waals surface area contributed by atoms with E-state index in [0.717, 1.165) is 25.7 Å². The highest BCUT2D eigenvalue weighted by Gasteiger charge is 2.44. The van der Waals surface area contributed by atoms with Crippen molar-refractivity contribution in [1.29, 1.82) is 5.41 Å². The molecule has 36 heavy (non-hydrogen) atoms. The number of nitrogens with zero attached hydrogens (tertiary/aromatic N) is 3. The van der Waals surface area contributed by atoms with Gasteiger partial charge >= 0.3 is 0 Å². The van der Waals surface area contributed by atoms with E-state index in [-0.39, 0.29) is 18.4 Å². The van der Waals surface area contributed by atoms with Crippen LogP contribution in [0.2, 0.25) is 0 Å². The Morgan fingerprint density at radius 3 is 1.58 bits per heavy atom. The zero-order chi connectivity index (χ0) is 26.0. The zero-order valence-electron chi connectivity index (χ0n) is 21.7. The average Bonchev–Trinajstić information content (AvgIpc) is 2.91. The maximum atomic E-state index is 12.4. The van der Waals surface area contributed by atoms with Gasteiger partial charge in [0.25, 0.3) is 0 Å². The first kappa shape index (κ1) is 27.4. The summed E-state index contributed by atoms with van der Waals surface area (Å²) in [5.41, 5.74) is 5.46. The minimum Gasteiger partial charge on any atom is -0.370 e. The molecule has 3 N–H and O–H groups in total. The molecule has 0 bridgehead atoms. The molecule has 6 nitrogen and oxygen atoms in total. The first-order chi connectivity index (χ1) is 17.3. The van der Waals surface area contributed by atoms with Crippen molar-refractivity contribution in [2.24, 2.45) is 5.73 Å². The number of nitrogens with one attached hydrogen (secondary N) is 1. The Kier molecular flexibility index (Phi) is 10.0. The summed E-state index contributed by atoms with van der Waals surface area (Å²) in [6, 6.07) is 32.9. The van der Waals surface area contributed by atoms with Crippen molar-refractivity contribution in [3.8, 4) is 0 Å². The molecule has 7 heteroatoms. The quantitative estimate of drug-likeness (QED) is 0.226. The van der Waals surface area contributed by atoms with Crippen molar-refractivity contribution < 1.29 is 4.79 Å². The number of carbonyl (C=O) groups is 1. The molecule has 0 fully saturated rings. The van der Waals surface area contributed by atoms with Gasteiger partial charge in [-0.15, -0.1) is 0 Å². The normalized spacial score (nSPS) is 11.3. The van der Waals surface area contributed by atoms with Crippen molar-refractivity contribution in [1.82, 2.24) is 14.7 Å². The maximum absolute atomic E-state index is 12.4. The number of guanidine groups is 1. The minimum absolute atomic E-state index is 0.0386. The van der Waals surface area contributed by atoms with Crippen LogP contribution in [0.5, 0.6) is 0 Å². The summed E-state index contributed by atoms with van der Waals surface area (Å²) in [4.78, 5) is 17.9. The van der Waals surface area contributed by atoms with Gasteiger partial charge in [-0.25, -0.2) is 0 Å². The fourth-order valence-corrected chi connectivity index (χ4v) is 8.75. The van der Waals surface area contributed by atoms with Crippen molar-refractivity contribution in [2.75, 3.05) is 53.5 Å². The predicted octanol–water partition coefficient (Wildman–Crippen LogP) is 2.59. The summed E-state index contributed by atoms with van der Waals surface area (Å²) >= 11 is 0. The van der Waals surface area contributed by atoms with Crippen LogP contribution < -0.4 is 21.6 Å². The standard InChI is InChI=1S/C29H39N5OP/c1-32(21-22-33(2)28(35)24-34(3)29(30)31)20-13-23-36(25-14-7-4-8-15-25,26-16-9-5-10-17-26)27-18-11-6-12-19-27/h4-12,14-19H,13,20-24H2,1-3H3,(H3,30,31)/q+1. The van der Waals surface area contributed by atoms with E-state index >= 15 is 0 Å². The summed E-state index contributed by atoms with van der Waals surface area (Å²) in [6.45, 7) is 2.49. The Morgan fingerprint density at radius 1 is 0.722 bits per heavy atom. The average molecular weight is 505 g/mol. The molecule has 0 saturated carbocycles. The highest BCUT2D eigenvalue weighted by molar-refractivity contribution is 7.95. The Labute approximate surface area is 216 Å². The summed E-state index contributed by atoms with van der Waals surface area (Å²) in [5, 5.41) is 11.7. The third-order valence-corrected chi connectivity index (χ3v) is 11.2. The summed E-state index contributed by atoms with van der Waals surface area (Å²) in [6.07, 6.45) is 2.13. The molecular weight excluding hydrogens is 465 g/mol. The molecule has 3 aromatic carbocycles. The Bertz CT molecular complexity index is 998. The molecular formula is C29H39N5OP+. The lowest BCUT2D eigenvalue weighted by molar-refractivity contribution is -0.130. The largest absolute Gasteiger partial charge is 0.370 e. The fourth-order valence-electron chi connectivity index (χ4n) is 4.43. The van der Waals surface area contributed by atoms with E-state index in [0.29, 0.717) is 6.54 Å². The molecule has 3 rings (SSSR count). The van der Waals surface area contributed by atoms with Crippen molar-refractivity contribution >= 4 is 35.0 Å². The summed E-state index contributed by atoms with van der Waals surface area (Å²) in [7, 11) is 3.76. The lowest BCUT2D eigenvalue weighted by Crippen LogP contribution is -2.43. The van der Waals surface area contributed by atoms with Gasteiger partial charge in [-0.05, 0) is 49.9 Å². The first-order valence-corrected chi connectivity index (χ1v) is 14.3. The van der Waals surface area contributed by atoms with Crippen LogP contribution in [0.15, 0.2) is 91.0 Å². The molecule has 0 aliphatic rings. The molecule has 0 heterocycles. The van der Waals surface area contributed by atoms with E-state index in [1.165, 1.54) is 20.8 Å². The smallest absolute Gasteiger partial charge is 0.241 e. The van der Waals surface area contributed by atoms with Gasteiger partial charge in [0.1, 0.15) is 23.2 Å². The van der Waals surface area contributed by atoms with Gasteiger partial charge in [-0.1, -0.05) is 54.6 Å². The van der Waals surface area contributed by atoms with Gasteiger partial charge in [0.2, 0.25) is 5.91 Å². The molecule has 0 saturated heterocycles. The predicted molar refractivity (Wildman–Crippen MR) is 154 cm³/mol. The number of amides is 1. The maximum Gasteiger partial charge on any atom is 0.241 e. The van der Waals surface area contributed by atoms with E-state index in [9.17, 15) is 4.79 Å². The first-order valence-electron chi connectivity index (χ1n) is 12.4. The zero-order valence-corrected chi connectivity index (χ0v) is 22.6. The van der Waals surface area contributed by atoms with Crippen molar-refractivity contribution in [2.45, 2.75) is 6.42 Å². The number of hydrogen-bond acceptors (Lipinski definition) is 3. The van der Waals surface area contributed by atoms with Crippen LogP contribution >= 0.6 is 7.26 Å². The third-order valence-electron chi connectivity index (χ3n) is 6.65. The summed E-state index contributed by atoms with van der Waals surface area (Å²) < 4.78 is 0. The number of rotatable bonds is 12. The second kappa shape index (κ2) is 13.2. The summed E-state index contributed by atoms with van der Waals surface area (Å²) in [5.74, 6) is -0.140.